The average Bonchev–Trinajstić information content (AvgIpc) is 3.21. The number of fused-ring (bicyclic) bond motifs is 2. The molecule has 0 fully saturated rings. The summed E-state index contributed by atoms with van der Waals surface area (Å²) in [5.74, 6) is 2.14. The number of nitrogens with one attached hydrogen (secondary N) is 1. The Hall–Kier alpha value is -2.90. The first-order valence-corrected chi connectivity index (χ1v) is 8.48. The molecule has 3 aromatic rings. The molecular weight excluding hydrogens is 318 g/mol. The van der Waals surface area contributed by atoms with Crippen LogP contribution in [0.2, 0.25) is 0 Å². The number of hydrogen-bond acceptors (Lipinski definition) is 4. The van der Waals surface area contributed by atoms with Gasteiger partial charge in [0.2, 0.25) is 0 Å². The van der Waals surface area contributed by atoms with E-state index >= 15 is 0 Å². The summed E-state index contributed by atoms with van der Waals surface area (Å²) in [4.78, 5) is 18.7. The van der Waals surface area contributed by atoms with Crippen molar-refractivity contribution in [3.05, 3.63) is 42.4 Å². The zero-order valence-corrected chi connectivity index (χ0v) is 14.5. The molecule has 1 unspecified atom stereocenters. The standard InChI is InChI=1S/C17H21N7O/c1-11(2)15-20-21-16-12(3)23(8-9-24(15)16)17(25)19-13-4-5-14-18-6-7-22(14)10-13/h4-7,10-12H,8-9H2,1-3H3,(H,19,25). The number of anilines is 1. The number of pyridine rings is 1. The topological polar surface area (TPSA) is 80.3 Å². The molecule has 1 aliphatic rings. The van der Waals surface area contributed by atoms with Gasteiger partial charge in [-0.2, -0.15) is 0 Å². The minimum atomic E-state index is -0.132. The molecule has 0 aliphatic carbocycles. The van der Waals surface area contributed by atoms with E-state index < -0.39 is 0 Å². The maximum atomic E-state index is 12.7. The van der Waals surface area contributed by atoms with Crippen LogP contribution in [0, 0.1) is 0 Å². The molecule has 1 atom stereocenters. The smallest absolute Gasteiger partial charge is 0.313 e. The fourth-order valence-corrected chi connectivity index (χ4v) is 3.30. The van der Waals surface area contributed by atoms with E-state index in [1.165, 1.54) is 0 Å². The Balaban J connectivity index is 1.54. The Morgan fingerprint density at radius 2 is 2.12 bits per heavy atom. The zero-order chi connectivity index (χ0) is 17.6. The third-order valence-electron chi connectivity index (χ3n) is 4.63. The summed E-state index contributed by atoms with van der Waals surface area (Å²) in [6, 6.07) is 3.48. The Kier molecular flexibility index (Phi) is 3.67. The van der Waals surface area contributed by atoms with Crippen molar-refractivity contribution in [1.82, 2.24) is 29.0 Å². The minimum Gasteiger partial charge on any atom is -0.313 e. The van der Waals surface area contributed by atoms with Gasteiger partial charge in [-0.1, -0.05) is 13.8 Å². The lowest BCUT2D eigenvalue weighted by molar-refractivity contribution is 0.172. The summed E-state index contributed by atoms with van der Waals surface area (Å²) >= 11 is 0. The minimum absolute atomic E-state index is 0.120. The second-order valence-corrected chi connectivity index (χ2v) is 6.63. The highest BCUT2D eigenvalue weighted by molar-refractivity contribution is 5.89. The average molecular weight is 339 g/mol. The van der Waals surface area contributed by atoms with Crippen LogP contribution in [-0.2, 0) is 6.54 Å². The van der Waals surface area contributed by atoms with Crippen LogP contribution in [0.5, 0.6) is 0 Å². The van der Waals surface area contributed by atoms with Gasteiger partial charge in [0.25, 0.3) is 0 Å². The molecule has 0 saturated carbocycles. The summed E-state index contributed by atoms with van der Waals surface area (Å²) in [6.45, 7) is 7.54. The molecule has 130 valence electrons. The van der Waals surface area contributed by atoms with Gasteiger partial charge in [-0.15, -0.1) is 10.2 Å². The first-order chi connectivity index (χ1) is 12.0. The van der Waals surface area contributed by atoms with Gasteiger partial charge in [0.15, 0.2) is 5.82 Å². The van der Waals surface area contributed by atoms with Crippen LogP contribution in [0.3, 0.4) is 0 Å². The highest BCUT2D eigenvalue weighted by Gasteiger charge is 2.31. The third-order valence-corrected chi connectivity index (χ3v) is 4.63. The van der Waals surface area contributed by atoms with Crippen LogP contribution in [-0.4, -0.2) is 41.6 Å². The Bertz CT molecular complexity index is 926. The van der Waals surface area contributed by atoms with Gasteiger partial charge in [-0.25, -0.2) is 9.78 Å². The van der Waals surface area contributed by atoms with E-state index in [9.17, 15) is 4.79 Å². The molecule has 0 radical (unpaired) electrons. The van der Waals surface area contributed by atoms with Crippen molar-refractivity contribution < 1.29 is 4.79 Å². The number of imidazole rings is 1. The van der Waals surface area contributed by atoms with Gasteiger partial charge in [0, 0.05) is 37.6 Å². The van der Waals surface area contributed by atoms with Gasteiger partial charge in [-0.05, 0) is 19.1 Å². The highest BCUT2D eigenvalue weighted by atomic mass is 16.2. The van der Waals surface area contributed by atoms with Gasteiger partial charge in [0.1, 0.15) is 11.5 Å². The fraction of sp³-hybridized carbons (Fsp3) is 0.412. The van der Waals surface area contributed by atoms with Crippen molar-refractivity contribution in [1.29, 1.82) is 0 Å². The molecule has 3 aromatic heterocycles. The molecular formula is C17H21N7O. The predicted octanol–water partition coefficient (Wildman–Crippen LogP) is 2.66. The van der Waals surface area contributed by atoms with Crippen molar-refractivity contribution in [2.75, 3.05) is 11.9 Å². The fourth-order valence-electron chi connectivity index (χ4n) is 3.30. The number of carbonyl (C=O) groups is 1. The number of aromatic nitrogens is 5. The lowest BCUT2D eigenvalue weighted by Crippen LogP contribution is -2.43. The van der Waals surface area contributed by atoms with E-state index in [1.807, 2.05) is 35.9 Å². The molecule has 2 amide bonds. The number of urea groups is 1. The number of carbonyl (C=O) groups excluding carboxylic acids is 1. The quantitative estimate of drug-likeness (QED) is 0.778. The molecule has 1 N–H and O–H groups in total. The van der Waals surface area contributed by atoms with Crippen molar-refractivity contribution >= 4 is 17.4 Å². The van der Waals surface area contributed by atoms with Gasteiger partial charge < -0.3 is 19.2 Å². The van der Waals surface area contributed by atoms with E-state index in [0.717, 1.165) is 23.0 Å². The van der Waals surface area contributed by atoms with Crippen LogP contribution in [0.4, 0.5) is 10.5 Å². The molecule has 1 aliphatic heterocycles. The Labute approximate surface area is 145 Å². The number of amides is 2. The molecule has 0 saturated heterocycles. The number of rotatable bonds is 2. The molecule has 0 aromatic carbocycles. The number of hydrogen-bond donors (Lipinski definition) is 1. The van der Waals surface area contributed by atoms with Crippen LogP contribution in [0.1, 0.15) is 44.4 Å². The van der Waals surface area contributed by atoms with Gasteiger partial charge >= 0.3 is 6.03 Å². The molecule has 0 spiro atoms. The van der Waals surface area contributed by atoms with E-state index in [0.29, 0.717) is 19.0 Å². The van der Waals surface area contributed by atoms with Crippen molar-refractivity contribution in [2.24, 2.45) is 0 Å². The molecule has 4 heterocycles. The molecule has 8 nitrogen and oxygen atoms in total. The Morgan fingerprint density at radius 1 is 1.28 bits per heavy atom. The van der Waals surface area contributed by atoms with E-state index in [2.05, 4.69) is 38.9 Å². The van der Waals surface area contributed by atoms with E-state index in [-0.39, 0.29) is 12.1 Å². The maximum absolute atomic E-state index is 12.7. The summed E-state index contributed by atoms with van der Waals surface area (Å²) in [5, 5.41) is 11.6. The summed E-state index contributed by atoms with van der Waals surface area (Å²) in [6.07, 6.45) is 5.44. The third kappa shape index (κ3) is 2.63. The summed E-state index contributed by atoms with van der Waals surface area (Å²) in [7, 11) is 0. The van der Waals surface area contributed by atoms with Crippen LogP contribution < -0.4 is 5.32 Å². The van der Waals surface area contributed by atoms with Gasteiger partial charge in [-0.3, -0.25) is 0 Å². The second kappa shape index (κ2) is 5.87. The molecule has 8 heteroatoms. The predicted molar refractivity (Wildman–Crippen MR) is 93.4 cm³/mol. The lowest BCUT2D eigenvalue weighted by Gasteiger charge is -2.34. The molecule has 25 heavy (non-hydrogen) atoms. The van der Waals surface area contributed by atoms with Crippen LogP contribution >= 0.6 is 0 Å². The second-order valence-electron chi connectivity index (χ2n) is 6.63. The van der Waals surface area contributed by atoms with Crippen LogP contribution in [0.15, 0.2) is 30.7 Å². The van der Waals surface area contributed by atoms with Crippen molar-refractivity contribution in [3.63, 3.8) is 0 Å². The van der Waals surface area contributed by atoms with Crippen molar-refractivity contribution in [3.8, 4) is 0 Å². The first kappa shape index (κ1) is 15.6. The summed E-state index contributed by atoms with van der Waals surface area (Å²) in [5.41, 5.74) is 1.58. The molecule has 4 rings (SSSR count). The van der Waals surface area contributed by atoms with Crippen molar-refractivity contribution in [2.45, 2.75) is 39.3 Å². The zero-order valence-electron chi connectivity index (χ0n) is 14.5. The lowest BCUT2D eigenvalue weighted by atomic mass is 10.1. The highest BCUT2D eigenvalue weighted by Crippen LogP contribution is 2.27. The SMILES string of the molecule is CC(C)c1nnc2n1CCN(C(=O)Nc1ccc3nccn3c1)C2C. The number of nitrogens with zero attached hydrogens (tertiary/aromatic N) is 6. The van der Waals surface area contributed by atoms with Gasteiger partial charge in [0.05, 0.1) is 11.7 Å². The largest absolute Gasteiger partial charge is 0.322 e. The summed E-state index contributed by atoms with van der Waals surface area (Å²) < 4.78 is 4.01. The molecule has 0 bridgehead atoms. The van der Waals surface area contributed by atoms with Crippen LogP contribution in [0.25, 0.3) is 5.65 Å². The van der Waals surface area contributed by atoms with E-state index in [1.54, 1.807) is 11.1 Å². The first-order valence-electron chi connectivity index (χ1n) is 8.48. The Morgan fingerprint density at radius 3 is 2.92 bits per heavy atom. The normalized spacial score (nSPS) is 17.1. The monoisotopic (exact) mass is 339 g/mol. The van der Waals surface area contributed by atoms with E-state index in [4.69, 9.17) is 0 Å². The maximum Gasteiger partial charge on any atom is 0.322 e.